The minimum Gasteiger partial charge on any atom is -0.492 e. The molecule has 1 fully saturated rings. The largest absolute Gasteiger partial charge is 0.492 e. The number of carbonyl (C=O) groups excluding carboxylic acids is 2. The number of rotatable bonds is 5. The number of hydrogen-bond acceptors (Lipinski definition) is 5. The van der Waals surface area contributed by atoms with Crippen molar-refractivity contribution in [1.29, 1.82) is 0 Å². The van der Waals surface area contributed by atoms with Crippen LogP contribution in [-0.4, -0.2) is 25.0 Å². The number of hydrogen-bond donors (Lipinski definition) is 1. The van der Waals surface area contributed by atoms with Gasteiger partial charge in [0.1, 0.15) is 11.3 Å². The highest BCUT2D eigenvalue weighted by atomic mass is 16.5. The van der Waals surface area contributed by atoms with E-state index >= 15 is 0 Å². The zero-order chi connectivity index (χ0) is 21.3. The van der Waals surface area contributed by atoms with Crippen molar-refractivity contribution < 1.29 is 18.7 Å². The standard InChI is InChI=1S/C23H22N2O5/c1-3-29-19-7-5-4-6-18(19)25-13-15(11-21(25)26)23(28)24-16-8-9-17-14(2)10-22(27)30-20(17)12-16/h4-10,12,15H,3,11,13H2,1-2H3,(H,24,28)/t15-/m0/s1. The molecule has 0 aliphatic carbocycles. The monoisotopic (exact) mass is 406 g/mol. The van der Waals surface area contributed by atoms with E-state index in [4.69, 9.17) is 9.15 Å². The van der Waals surface area contributed by atoms with Gasteiger partial charge in [-0.05, 0) is 43.7 Å². The molecule has 7 heteroatoms. The Labute approximate surface area is 173 Å². The first-order valence-corrected chi connectivity index (χ1v) is 9.84. The van der Waals surface area contributed by atoms with E-state index in [1.165, 1.54) is 6.07 Å². The molecular formula is C23H22N2O5. The quantitative estimate of drug-likeness (QED) is 0.655. The molecule has 154 valence electrons. The molecule has 1 saturated heterocycles. The lowest BCUT2D eigenvalue weighted by molar-refractivity contribution is -0.122. The fourth-order valence-electron chi connectivity index (χ4n) is 3.72. The van der Waals surface area contributed by atoms with Gasteiger partial charge in [-0.15, -0.1) is 0 Å². The maximum absolute atomic E-state index is 12.8. The molecule has 3 aromatic rings. The van der Waals surface area contributed by atoms with Crippen molar-refractivity contribution in [3.05, 3.63) is 64.5 Å². The number of amides is 2. The molecule has 0 unspecified atom stereocenters. The summed E-state index contributed by atoms with van der Waals surface area (Å²) in [6, 6.07) is 13.9. The molecule has 2 aromatic carbocycles. The zero-order valence-corrected chi connectivity index (χ0v) is 16.8. The van der Waals surface area contributed by atoms with E-state index in [0.29, 0.717) is 29.3 Å². The number of ether oxygens (including phenoxy) is 1. The van der Waals surface area contributed by atoms with Crippen LogP contribution in [-0.2, 0) is 9.59 Å². The highest BCUT2D eigenvalue weighted by molar-refractivity contribution is 6.04. The Morgan fingerprint density at radius 1 is 1.20 bits per heavy atom. The Balaban J connectivity index is 1.52. The molecule has 0 bridgehead atoms. The van der Waals surface area contributed by atoms with Crippen LogP contribution in [0.1, 0.15) is 18.9 Å². The third-order valence-electron chi connectivity index (χ3n) is 5.17. The first-order valence-electron chi connectivity index (χ1n) is 9.84. The highest BCUT2D eigenvalue weighted by Gasteiger charge is 2.36. The van der Waals surface area contributed by atoms with Crippen LogP contribution in [0.4, 0.5) is 11.4 Å². The summed E-state index contributed by atoms with van der Waals surface area (Å²) in [6.45, 7) is 4.47. The number of aryl methyl sites for hydroxylation is 1. The number of nitrogens with one attached hydrogen (secondary N) is 1. The summed E-state index contributed by atoms with van der Waals surface area (Å²) in [4.78, 5) is 38.6. The second-order valence-electron chi connectivity index (χ2n) is 7.25. The van der Waals surface area contributed by atoms with Crippen molar-refractivity contribution in [2.45, 2.75) is 20.3 Å². The van der Waals surface area contributed by atoms with E-state index in [1.54, 1.807) is 23.1 Å². The fourth-order valence-corrected chi connectivity index (χ4v) is 3.72. The van der Waals surface area contributed by atoms with Crippen molar-refractivity contribution in [1.82, 2.24) is 0 Å². The summed E-state index contributed by atoms with van der Waals surface area (Å²) in [7, 11) is 0. The highest BCUT2D eigenvalue weighted by Crippen LogP contribution is 2.33. The Morgan fingerprint density at radius 2 is 2.00 bits per heavy atom. The minimum atomic E-state index is -0.493. The number of carbonyl (C=O) groups is 2. The van der Waals surface area contributed by atoms with Gasteiger partial charge < -0.3 is 19.4 Å². The van der Waals surface area contributed by atoms with E-state index in [-0.39, 0.29) is 24.8 Å². The number of fused-ring (bicyclic) bond motifs is 1. The average Bonchev–Trinajstić information content (AvgIpc) is 3.10. The van der Waals surface area contributed by atoms with Gasteiger partial charge in [0.05, 0.1) is 18.2 Å². The Kier molecular flexibility index (Phi) is 5.27. The van der Waals surface area contributed by atoms with Crippen molar-refractivity contribution in [3.8, 4) is 5.75 Å². The van der Waals surface area contributed by atoms with Crippen LogP contribution in [0.15, 0.2) is 57.7 Å². The molecular weight excluding hydrogens is 384 g/mol. The second kappa shape index (κ2) is 8.02. The molecule has 1 aromatic heterocycles. The van der Waals surface area contributed by atoms with Crippen LogP contribution >= 0.6 is 0 Å². The summed E-state index contributed by atoms with van der Waals surface area (Å²) in [5.41, 5.74) is 1.97. The van der Waals surface area contributed by atoms with Crippen molar-refractivity contribution in [2.75, 3.05) is 23.4 Å². The zero-order valence-electron chi connectivity index (χ0n) is 16.8. The first kappa shape index (κ1) is 19.7. The topological polar surface area (TPSA) is 88.8 Å². The number of nitrogens with zero attached hydrogens (tertiary/aromatic N) is 1. The SMILES string of the molecule is CCOc1ccccc1N1C[C@@H](C(=O)Nc2ccc3c(C)cc(=O)oc3c2)CC1=O. The average molecular weight is 406 g/mol. The summed E-state index contributed by atoms with van der Waals surface area (Å²) in [5, 5.41) is 3.64. The van der Waals surface area contributed by atoms with Gasteiger partial charge in [0.15, 0.2) is 0 Å². The van der Waals surface area contributed by atoms with Crippen LogP contribution in [0.5, 0.6) is 5.75 Å². The molecule has 2 heterocycles. The predicted octanol–water partition coefficient (Wildman–Crippen LogP) is 3.49. The molecule has 0 radical (unpaired) electrons. The van der Waals surface area contributed by atoms with Gasteiger partial charge in [0.25, 0.3) is 0 Å². The Bertz CT molecular complexity index is 1180. The lowest BCUT2D eigenvalue weighted by Crippen LogP contribution is -2.28. The van der Waals surface area contributed by atoms with Gasteiger partial charge in [-0.1, -0.05) is 12.1 Å². The third kappa shape index (κ3) is 3.78. The number of anilines is 2. The molecule has 7 nitrogen and oxygen atoms in total. The van der Waals surface area contributed by atoms with Gasteiger partial charge in [-0.25, -0.2) is 4.79 Å². The molecule has 0 saturated carbocycles. The van der Waals surface area contributed by atoms with Crippen LogP contribution in [0.3, 0.4) is 0 Å². The minimum absolute atomic E-state index is 0.119. The van der Waals surface area contributed by atoms with E-state index in [9.17, 15) is 14.4 Å². The van der Waals surface area contributed by atoms with Gasteiger partial charge >= 0.3 is 5.63 Å². The molecule has 0 spiro atoms. The predicted molar refractivity (Wildman–Crippen MR) is 114 cm³/mol. The maximum atomic E-state index is 12.8. The normalized spacial score (nSPS) is 16.1. The maximum Gasteiger partial charge on any atom is 0.336 e. The third-order valence-corrected chi connectivity index (χ3v) is 5.17. The van der Waals surface area contributed by atoms with Gasteiger partial charge in [0.2, 0.25) is 11.8 Å². The lowest BCUT2D eigenvalue weighted by Gasteiger charge is -2.20. The van der Waals surface area contributed by atoms with E-state index in [1.807, 2.05) is 38.1 Å². The van der Waals surface area contributed by atoms with E-state index < -0.39 is 11.5 Å². The lowest BCUT2D eigenvalue weighted by atomic mass is 10.1. The molecule has 4 rings (SSSR count). The molecule has 2 amide bonds. The molecule has 1 aliphatic heterocycles. The Morgan fingerprint density at radius 3 is 2.80 bits per heavy atom. The van der Waals surface area contributed by atoms with Crippen LogP contribution in [0, 0.1) is 12.8 Å². The fraction of sp³-hybridized carbons (Fsp3) is 0.261. The summed E-state index contributed by atoms with van der Waals surface area (Å²) in [6.07, 6.45) is 0.119. The number of benzene rings is 2. The van der Waals surface area contributed by atoms with Crippen molar-refractivity contribution in [3.63, 3.8) is 0 Å². The van der Waals surface area contributed by atoms with Gasteiger partial charge in [-0.2, -0.15) is 0 Å². The molecule has 1 N–H and O–H groups in total. The smallest absolute Gasteiger partial charge is 0.336 e. The van der Waals surface area contributed by atoms with Gasteiger partial charge in [0, 0.05) is 36.2 Å². The van der Waals surface area contributed by atoms with Crippen LogP contribution in [0.25, 0.3) is 11.0 Å². The van der Waals surface area contributed by atoms with E-state index in [2.05, 4.69) is 5.32 Å². The molecule has 1 atom stereocenters. The Hall–Kier alpha value is -3.61. The van der Waals surface area contributed by atoms with Crippen LogP contribution in [0.2, 0.25) is 0 Å². The summed E-state index contributed by atoms with van der Waals surface area (Å²) < 4.78 is 10.9. The first-order chi connectivity index (χ1) is 14.5. The van der Waals surface area contributed by atoms with Crippen molar-refractivity contribution >= 4 is 34.2 Å². The summed E-state index contributed by atoms with van der Waals surface area (Å²) in [5.74, 6) is -0.252. The van der Waals surface area contributed by atoms with Gasteiger partial charge in [-0.3, -0.25) is 9.59 Å². The van der Waals surface area contributed by atoms with Crippen LogP contribution < -0.4 is 20.6 Å². The molecule has 1 aliphatic rings. The second-order valence-corrected chi connectivity index (χ2v) is 7.25. The van der Waals surface area contributed by atoms with E-state index in [0.717, 1.165) is 10.9 Å². The summed E-state index contributed by atoms with van der Waals surface area (Å²) >= 11 is 0. The van der Waals surface area contributed by atoms with Crippen molar-refractivity contribution in [2.24, 2.45) is 5.92 Å². The number of para-hydroxylation sites is 2. The molecule has 30 heavy (non-hydrogen) atoms.